The number of benzene rings is 1. The summed E-state index contributed by atoms with van der Waals surface area (Å²) in [5, 5.41) is 1.64. The molecule has 0 saturated carbocycles. The second kappa shape index (κ2) is 6.40. The number of likely N-dealkylation sites (tertiary alicyclic amines) is 1. The summed E-state index contributed by atoms with van der Waals surface area (Å²) < 4.78 is 0.768. The van der Waals surface area contributed by atoms with Crippen molar-refractivity contribution in [1.82, 2.24) is 4.90 Å². The van der Waals surface area contributed by atoms with E-state index in [0.717, 1.165) is 35.7 Å². The topological polar surface area (TPSA) is 20.3 Å². The second-order valence-electron chi connectivity index (χ2n) is 4.51. The minimum atomic E-state index is 0.0932. The summed E-state index contributed by atoms with van der Waals surface area (Å²) in [6, 6.07) is 5.30. The lowest BCUT2D eigenvalue weighted by atomic mass is 10.1. The zero-order chi connectivity index (χ0) is 13.1. The second-order valence-corrected chi connectivity index (χ2v) is 6.59. The number of carbonyl (C=O) groups is 1. The Morgan fingerprint density at radius 2 is 2.28 bits per heavy atom. The van der Waals surface area contributed by atoms with Crippen LogP contribution in [-0.2, 0) is 0 Å². The Balaban J connectivity index is 2.08. The van der Waals surface area contributed by atoms with Gasteiger partial charge in [0.25, 0.3) is 5.91 Å². The number of rotatable bonds is 3. The van der Waals surface area contributed by atoms with Gasteiger partial charge in [0.1, 0.15) is 0 Å². The van der Waals surface area contributed by atoms with Gasteiger partial charge >= 0.3 is 0 Å². The van der Waals surface area contributed by atoms with Crippen molar-refractivity contribution in [3.05, 3.63) is 33.3 Å². The molecule has 1 fully saturated rings. The van der Waals surface area contributed by atoms with E-state index < -0.39 is 0 Å². The third kappa shape index (κ3) is 3.28. The van der Waals surface area contributed by atoms with E-state index >= 15 is 0 Å². The van der Waals surface area contributed by atoms with E-state index in [4.69, 9.17) is 11.6 Å². The third-order valence-corrected chi connectivity index (χ3v) is 4.60. The molecule has 0 radical (unpaired) electrons. The van der Waals surface area contributed by atoms with Crippen LogP contribution in [0.15, 0.2) is 22.7 Å². The molecule has 1 heterocycles. The molecule has 5 heteroatoms. The number of halogens is 3. The highest BCUT2D eigenvalue weighted by Gasteiger charge is 2.27. The van der Waals surface area contributed by atoms with Crippen LogP contribution in [0.25, 0.3) is 0 Å². The van der Waals surface area contributed by atoms with Crippen molar-refractivity contribution in [2.24, 2.45) is 5.92 Å². The van der Waals surface area contributed by atoms with Crippen molar-refractivity contribution in [1.29, 1.82) is 0 Å². The summed E-state index contributed by atoms with van der Waals surface area (Å²) >= 11 is 12.7. The molecule has 98 valence electrons. The van der Waals surface area contributed by atoms with Gasteiger partial charge in [-0.1, -0.05) is 27.5 Å². The van der Waals surface area contributed by atoms with Crippen molar-refractivity contribution >= 4 is 49.4 Å². The lowest BCUT2D eigenvalue weighted by molar-refractivity contribution is 0.0786. The number of alkyl halides is 1. The Kier molecular flexibility index (Phi) is 5.10. The Hall–Kier alpha value is -0.0600. The van der Waals surface area contributed by atoms with Crippen LogP contribution in [0.5, 0.6) is 0 Å². The third-order valence-electron chi connectivity index (χ3n) is 3.25. The van der Waals surface area contributed by atoms with Crippen molar-refractivity contribution in [3.63, 3.8) is 0 Å². The quantitative estimate of drug-likeness (QED) is 0.697. The van der Waals surface area contributed by atoms with E-state index in [-0.39, 0.29) is 5.91 Å². The van der Waals surface area contributed by atoms with Gasteiger partial charge < -0.3 is 4.90 Å². The van der Waals surface area contributed by atoms with E-state index in [1.165, 1.54) is 0 Å². The minimum absolute atomic E-state index is 0.0932. The van der Waals surface area contributed by atoms with Crippen LogP contribution in [0.4, 0.5) is 0 Å². The lowest BCUT2D eigenvalue weighted by Crippen LogP contribution is -2.29. The van der Waals surface area contributed by atoms with E-state index in [9.17, 15) is 4.79 Å². The molecule has 1 aromatic carbocycles. The van der Waals surface area contributed by atoms with Gasteiger partial charge in [-0.2, -0.15) is 0 Å². The van der Waals surface area contributed by atoms with Gasteiger partial charge in [-0.3, -0.25) is 4.79 Å². The fourth-order valence-electron chi connectivity index (χ4n) is 2.24. The molecule has 1 atom stereocenters. The first kappa shape index (κ1) is 14.4. The summed E-state index contributed by atoms with van der Waals surface area (Å²) in [4.78, 5) is 14.3. The summed E-state index contributed by atoms with van der Waals surface area (Å²) in [5.41, 5.74) is 0.693. The van der Waals surface area contributed by atoms with Crippen LogP contribution in [0.1, 0.15) is 23.2 Å². The fraction of sp³-hybridized carbons (Fsp3) is 0.462. The first-order valence-electron chi connectivity index (χ1n) is 5.92. The van der Waals surface area contributed by atoms with Gasteiger partial charge in [-0.15, -0.1) is 0 Å². The molecule has 1 aliphatic heterocycles. The molecule has 0 aromatic heterocycles. The first-order chi connectivity index (χ1) is 8.61. The number of hydrogen-bond donors (Lipinski definition) is 0. The van der Waals surface area contributed by atoms with E-state index in [2.05, 4.69) is 31.9 Å². The van der Waals surface area contributed by atoms with Gasteiger partial charge in [0.15, 0.2) is 0 Å². The van der Waals surface area contributed by atoms with Gasteiger partial charge in [0.2, 0.25) is 0 Å². The molecule has 0 bridgehead atoms. The van der Waals surface area contributed by atoms with Crippen LogP contribution in [0, 0.1) is 5.92 Å². The summed E-state index contributed by atoms with van der Waals surface area (Å²) in [6.45, 7) is 1.71. The first-order valence-corrected chi connectivity index (χ1v) is 8.21. The highest BCUT2D eigenvalue weighted by atomic mass is 79.9. The Labute approximate surface area is 129 Å². The van der Waals surface area contributed by atoms with Gasteiger partial charge in [-0.05, 0) is 52.9 Å². The average Bonchev–Trinajstić information content (AvgIpc) is 2.77. The van der Waals surface area contributed by atoms with Crippen molar-refractivity contribution in [2.75, 3.05) is 18.4 Å². The standard InChI is InChI=1S/C13H14Br2ClNO/c14-5-3-9-4-6-17(8-9)13(18)11-2-1-10(16)7-12(11)15/h1-2,7,9H,3-6,8H2. The number of amides is 1. The maximum Gasteiger partial charge on any atom is 0.255 e. The van der Waals surface area contributed by atoms with Gasteiger partial charge in [-0.25, -0.2) is 0 Å². The summed E-state index contributed by atoms with van der Waals surface area (Å²) in [5.74, 6) is 0.718. The highest BCUT2D eigenvalue weighted by Crippen LogP contribution is 2.26. The molecule has 1 unspecified atom stereocenters. The highest BCUT2D eigenvalue weighted by molar-refractivity contribution is 9.10. The van der Waals surface area contributed by atoms with Gasteiger partial charge in [0, 0.05) is 27.9 Å². The average molecular weight is 396 g/mol. The minimum Gasteiger partial charge on any atom is -0.338 e. The van der Waals surface area contributed by atoms with Crippen molar-refractivity contribution in [3.8, 4) is 0 Å². The molecule has 0 spiro atoms. The molecule has 1 amide bonds. The predicted octanol–water partition coefficient (Wildman–Crippen LogP) is 4.35. The van der Waals surface area contributed by atoms with Gasteiger partial charge in [0.05, 0.1) is 5.56 Å². The molecule has 0 N–H and O–H groups in total. The SMILES string of the molecule is O=C(c1ccc(Cl)cc1Br)N1CCC(CCBr)C1. The normalized spacial score (nSPS) is 19.3. The molecular weight excluding hydrogens is 381 g/mol. The predicted molar refractivity (Wildman–Crippen MR) is 81.6 cm³/mol. The van der Waals surface area contributed by atoms with Crippen molar-refractivity contribution in [2.45, 2.75) is 12.8 Å². The lowest BCUT2D eigenvalue weighted by Gasteiger charge is -2.17. The number of nitrogens with zero attached hydrogens (tertiary/aromatic N) is 1. The molecular formula is C13H14Br2ClNO. The Morgan fingerprint density at radius 3 is 2.94 bits per heavy atom. The molecule has 0 aliphatic carbocycles. The summed E-state index contributed by atoms with van der Waals surface area (Å²) in [7, 11) is 0. The Morgan fingerprint density at radius 1 is 1.50 bits per heavy atom. The van der Waals surface area contributed by atoms with Crippen molar-refractivity contribution < 1.29 is 4.79 Å². The Bertz CT molecular complexity index is 453. The van der Waals surface area contributed by atoms with Crippen LogP contribution in [0.2, 0.25) is 5.02 Å². The van der Waals surface area contributed by atoms with E-state index in [1.807, 2.05) is 4.90 Å². The van der Waals surface area contributed by atoms with E-state index in [1.54, 1.807) is 18.2 Å². The zero-order valence-corrected chi connectivity index (χ0v) is 13.8. The fourth-order valence-corrected chi connectivity index (χ4v) is 3.74. The molecule has 2 nitrogen and oxygen atoms in total. The monoisotopic (exact) mass is 393 g/mol. The van der Waals surface area contributed by atoms with Crippen LogP contribution in [-0.4, -0.2) is 29.2 Å². The number of hydrogen-bond acceptors (Lipinski definition) is 1. The van der Waals surface area contributed by atoms with Crippen LogP contribution in [0.3, 0.4) is 0 Å². The maximum absolute atomic E-state index is 12.4. The van der Waals surface area contributed by atoms with E-state index in [0.29, 0.717) is 16.5 Å². The smallest absolute Gasteiger partial charge is 0.255 e. The maximum atomic E-state index is 12.4. The molecule has 1 aliphatic rings. The van der Waals surface area contributed by atoms with Crippen LogP contribution < -0.4 is 0 Å². The molecule has 2 rings (SSSR count). The molecule has 1 aromatic rings. The van der Waals surface area contributed by atoms with Crippen LogP contribution >= 0.6 is 43.5 Å². The zero-order valence-electron chi connectivity index (χ0n) is 9.83. The molecule has 1 saturated heterocycles. The molecule has 18 heavy (non-hydrogen) atoms. The largest absolute Gasteiger partial charge is 0.338 e. The number of carbonyl (C=O) groups excluding carboxylic acids is 1. The summed E-state index contributed by atoms with van der Waals surface area (Å²) in [6.07, 6.45) is 2.23.